The topological polar surface area (TPSA) is 643 Å². The number of nitrogens with two attached hydrogens (primary N) is 4. The van der Waals surface area contributed by atoms with Crippen LogP contribution in [0.3, 0.4) is 0 Å². The molecular formula is C93H121Br2N25O18Si. The number of nitrogens with zero attached hydrogens (tertiary/aromatic N) is 12. The zero-order valence-electron chi connectivity index (χ0n) is 80.0. The number of nitrogen functional groups attached to an aromatic ring is 3. The number of nitrogens with one attached hydrogen (secondary N) is 9. The van der Waals surface area contributed by atoms with Crippen LogP contribution in [-0.2, 0) is 36.6 Å². The van der Waals surface area contributed by atoms with Crippen molar-refractivity contribution in [3.63, 3.8) is 0 Å². The normalized spacial score (nSPS) is 22.4. The summed E-state index contributed by atoms with van der Waals surface area (Å²) in [6.07, 6.45) is 16.5. The average Bonchev–Trinajstić information content (AvgIpc) is 1.54. The highest BCUT2D eigenvalue weighted by Crippen LogP contribution is 2.44. The first-order valence-corrected chi connectivity index (χ1v) is 50.3. The van der Waals surface area contributed by atoms with Crippen molar-refractivity contribution in [3.05, 3.63) is 203 Å². The Morgan fingerprint density at radius 2 is 0.770 bits per heavy atom. The first-order valence-electron chi connectivity index (χ1n) is 45.8. The fourth-order valence-corrected chi connectivity index (χ4v) is 20.7. The third-order valence-electron chi connectivity index (χ3n) is 26.1. The fraction of sp³-hybridized carbons (Fsp3) is 0.484. The number of aryl methyl sites for hydroxylation is 6. The molecule has 139 heavy (non-hydrogen) atoms. The molecule has 46 heteroatoms. The molecule has 5 fully saturated rings. The van der Waals surface area contributed by atoms with E-state index < -0.39 is 73.0 Å². The molecule has 13 heterocycles. The summed E-state index contributed by atoms with van der Waals surface area (Å²) in [6, 6.07) is 14.3. The number of H-pyrrole nitrogens is 1. The Balaban J connectivity index is 0.000000148. The second-order valence-electron chi connectivity index (χ2n) is 38.4. The quantitative estimate of drug-likeness (QED) is 0.0567. The lowest BCUT2D eigenvalue weighted by Crippen LogP contribution is -2.57. The molecule has 5 aliphatic carbocycles. The van der Waals surface area contributed by atoms with Gasteiger partial charge in [0.25, 0.3) is 57.3 Å². The van der Waals surface area contributed by atoms with Gasteiger partial charge in [0.15, 0.2) is 14.1 Å². The minimum Gasteiger partial charge on any atom is -0.444 e. The number of hydrogen-bond acceptors (Lipinski definition) is 32. The Bertz CT molecular complexity index is 6210. The molecule has 9 aromatic heterocycles. The molecule has 0 saturated heterocycles. The second kappa shape index (κ2) is 42.4. The lowest BCUT2D eigenvalue weighted by molar-refractivity contribution is -0.128. The van der Waals surface area contributed by atoms with E-state index in [1.165, 1.54) is 61.8 Å². The van der Waals surface area contributed by atoms with Gasteiger partial charge in [0.2, 0.25) is 0 Å². The highest BCUT2D eigenvalue weighted by Gasteiger charge is 2.55. The van der Waals surface area contributed by atoms with Crippen LogP contribution in [0.2, 0.25) is 18.1 Å². The van der Waals surface area contributed by atoms with Gasteiger partial charge in [-0.05, 0) is 260 Å². The first kappa shape index (κ1) is 105. The predicted octanol–water partition coefficient (Wildman–Crippen LogP) is 9.26. The molecule has 9 aliphatic rings. The van der Waals surface area contributed by atoms with Gasteiger partial charge in [0, 0.05) is 36.4 Å². The summed E-state index contributed by atoms with van der Waals surface area (Å²) in [4.78, 5) is 180. The van der Waals surface area contributed by atoms with Crippen LogP contribution >= 0.6 is 31.9 Å². The zero-order chi connectivity index (χ0) is 102. The van der Waals surface area contributed by atoms with Gasteiger partial charge in [-0.3, -0.25) is 76.3 Å². The van der Waals surface area contributed by atoms with Crippen LogP contribution < -0.4 is 93.3 Å². The van der Waals surface area contributed by atoms with Crippen LogP contribution in [-0.4, -0.2) is 169 Å². The van der Waals surface area contributed by atoms with E-state index >= 15 is 0 Å². The third kappa shape index (κ3) is 22.7. The van der Waals surface area contributed by atoms with Gasteiger partial charge in [-0.25, -0.2) is 44.7 Å². The Kier molecular flexibility index (Phi) is 32.1. The molecule has 0 radical (unpaired) electrons. The standard InChI is InChI=1S/C18H21N5O3.2C17H20N6O3.C13H15BrN2O3.C12H24O2Si.C9H14N4O2.C7H7BrN2O2/c1-10-7-12(21-14-8-11(2)19-9-20-14)17(26)23-15(10)16(25)22-18(23)6-4-3-5-13(18)24;2*1-9-6-10(21-13-7-12(18)19-8-20-13)16(26)23-14(9)15(25)22-17(23)5-3-2-4-11(17)24;1-7-6-8(14)12(19)16-10(7)11(18)15-13(16)5-3-2-4-9(13)17;1-12(2,3)15(4,5)14-11-9-7-6-8-10(11)13;1-9(2,3)15-8(14)13-7-4-6(10)11-5-12-7;1-3-2-4(8)7(12)10-5(3)6(9)11/h7-9,13,24H,3-6H2,1-2H3,(H,22,25)(H,19,20,21);2*6-8,11,24H,2-5H2,1H3,(H,22,25)(H3,18,19,20,21);6,9,17H,2-5H2,1H3,(H,15,18);11H,6-9H2,1-5H3;4-5H,1-3H3,(H3,10,11,12,13,14);2H,1H3,(H2,9,11)(H,10,12). The number of ether oxygens (including phenoxy) is 1. The maximum absolute atomic E-state index is 13.2. The zero-order valence-corrected chi connectivity index (χ0v) is 84.1. The summed E-state index contributed by atoms with van der Waals surface area (Å²) < 4.78 is 17.7. The SMILES string of the molecule is CC(C)(C)OC(=O)Nc1cc(N)ncn1.CC(C)(C)[Si](C)(C)OC1CCCCC1=O.Cc1cc(Br)c(=O)[nH]c1C(N)=O.Cc1cc(Br)c(=O)n2c1C(=O)NC21CCCCC1O.Cc1cc(Nc2cc(C)c3n(c2=O)C2(CCCCC2O)NC3=O)ncn1.Cc1cc(Nc2cc(N)ncn2)c(=O)n2c1C(=O)NC21CCCCC1O.Cc1cc(Nc2cc(N)ncn2)c(=O)n2c1C(=O)NC21CCCCC1O. The number of ketones is 1. The number of rotatable bonds is 10. The van der Waals surface area contributed by atoms with Crippen molar-refractivity contribution < 1.29 is 63.2 Å². The van der Waals surface area contributed by atoms with Crippen LogP contribution in [0, 0.1) is 41.5 Å². The number of pyridine rings is 5. The molecule has 21 N–H and O–H groups in total. The average molecular weight is 2070 g/mol. The molecule has 744 valence electrons. The van der Waals surface area contributed by atoms with Crippen LogP contribution in [0.4, 0.5) is 62.6 Å². The molecule has 5 saturated carbocycles. The van der Waals surface area contributed by atoms with Crippen molar-refractivity contribution in [3.8, 4) is 0 Å². The molecule has 9 unspecified atom stereocenters. The Morgan fingerprint density at radius 3 is 1.11 bits per heavy atom. The van der Waals surface area contributed by atoms with Crippen molar-refractivity contribution in [1.29, 1.82) is 0 Å². The molecule has 0 bridgehead atoms. The lowest BCUT2D eigenvalue weighted by atomic mass is 9.86. The molecular weight excluding hydrogens is 1940 g/mol. The highest BCUT2D eigenvalue weighted by molar-refractivity contribution is 9.10. The fourth-order valence-electron chi connectivity index (χ4n) is 18.4. The number of hydrogen-bond donors (Lipinski definition) is 17. The van der Waals surface area contributed by atoms with Crippen molar-refractivity contribution >= 4 is 139 Å². The molecule has 9 atom stereocenters. The van der Waals surface area contributed by atoms with Crippen LogP contribution in [0.15, 0.2) is 113 Å². The summed E-state index contributed by atoms with van der Waals surface area (Å²) in [5.74, 6) is 0.856. The van der Waals surface area contributed by atoms with E-state index in [-0.39, 0.29) is 97.1 Å². The number of amides is 6. The van der Waals surface area contributed by atoms with E-state index in [0.29, 0.717) is 140 Å². The largest absolute Gasteiger partial charge is 0.444 e. The molecule has 6 amide bonds. The van der Waals surface area contributed by atoms with E-state index in [0.717, 1.165) is 88.3 Å². The summed E-state index contributed by atoms with van der Waals surface area (Å²) >= 11 is 6.27. The number of primary amides is 1. The number of aliphatic hydroxyl groups excluding tert-OH is 4. The van der Waals surface area contributed by atoms with E-state index in [1.54, 1.807) is 91.8 Å². The Morgan fingerprint density at radius 1 is 0.439 bits per heavy atom. The number of carbonyl (C=O) groups is 7. The molecule has 18 rings (SSSR count). The minimum absolute atomic E-state index is 0.0976. The number of aliphatic hydroxyl groups is 4. The van der Waals surface area contributed by atoms with Gasteiger partial charge in [-0.15, -0.1) is 0 Å². The highest BCUT2D eigenvalue weighted by atomic mass is 79.9. The van der Waals surface area contributed by atoms with E-state index in [2.05, 4.69) is 153 Å². The van der Waals surface area contributed by atoms with Crippen molar-refractivity contribution in [2.45, 2.75) is 288 Å². The molecule has 43 nitrogen and oxygen atoms in total. The van der Waals surface area contributed by atoms with Crippen molar-refractivity contribution in [2.24, 2.45) is 5.73 Å². The number of anilines is 10. The lowest BCUT2D eigenvalue weighted by Gasteiger charge is -2.39. The van der Waals surface area contributed by atoms with E-state index in [9.17, 15) is 78.0 Å². The third-order valence-corrected chi connectivity index (χ3v) is 31.8. The number of Topliss-reactive ketones (excluding diaryl/α,β-unsaturated/α-hetero) is 1. The number of fused-ring (bicyclic) bond motifs is 8. The number of halogens is 2. The van der Waals surface area contributed by atoms with Gasteiger partial charge in [-0.1, -0.05) is 52.9 Å². The number of aromatic amines is 1. The van der Waals surface area contributed by atoms with Crippen LogP contribution in [0.5, 0.6) is 0 Å². The second-order valence-corrected chi connectivity index (χ2v) is 44.9. The summed E-state index contributed by atoms with van der Waals surface area (Å²) in [5, 5.41) is 65.3. The van der Waals surface area contributed by atoms with Gasteiger partial charge in [0.1, 0.15) is 146 Å². The molecule has 9 aromatic rings. The van der Waals surface area contributed by atoms with E-state index in [4.69, 9.17) is 32.1 Å². The van der Waals surface area contributed by atoms with Gasteiger partial charge in [0.05, 0.1) is 33.4 Å². The van der Waals surface area contributed by atoms with Crippen molar-refractivity contribution in [2.75, 3.05) is 38.5 Å². The number of carbonyl (C=O) groups excluding carboxylic acids is 7. The Labute approximate surface area is 817 Å². The predicted molar refractivity (Wildman–Crippen MR) is 528 cm³/mol. The van der Waals surface area contributed by atoms with Crippen LogP contribution in [0.1, 0.15) is 256 Å². The monoisotopic (exact) mass is 2060 g/mol. The van der Waals surface area contributed by atoms with Gasteiger partial charge in [-0.2, -0.15) is 0 Å². The Hall–Kier alpha value is -12.9. The maximum atomic E-state index is 13.2. The molecule has 0 aromatic carbocycles. The summed E-state index contributed by atoms with van der Waals surface area (Å²) in [6.45, 7) is 27.1. The first-order chi connectivity index (χ1) is 65.4. The van der Waals surface area contributed by atoms with Crippen molar-refractivity contribution in [1.82, 2.24) is 84.4 Å². The van der Waals surface area contributed by atoms with Gasteiger partial charge >= 0.3 is 6.09 Å². The van der Waals surface area contributed by atoms with Crippen LogP contribution in [0.25, 0.3) is 0 Å². The van der Waals surface area contributed by atoms with Gasteiger partial charge < -0.3 is 94.7 Å². The summed E-state index contributed by atoms with van der Waals surface area (Å²) in [7, 11) is -1.75. The summed E-state index contributed by atoms with van der Waals surface area (Å²) in [5.41, 5.74) is 21.6. The maximum Gasteiger partial charge on any atom is 0.413 e. The minimum atomic E-state index is -1.75. The van der Waals surface area contributed by atoms with E-state index in [1.807, 2.05) is 6.92 Å². The number of aromatic nitrogens is 13. The smallest absolute Gasteiger partial charge is 0.413 e. The molecule has 4 aliphatic heterocycles. The molecule has 4 spiro atoms.